The van der Waals surface area contributed by atoms with E-state index in [4.69, 9.17) is 27.9 Å². The Kier molecular flexibility index (Phi) is 5.93. The third-order valence-electron chi connectivity index (χ3n) is 6.46. The molecule has 1 atom stereocenters. The number of carbonyl (C=O) groups excluding carboxylic acids is 1. The zero-order valence-corrected chi connectivity index (χ0v) is 19.9. The summed E-state index contributed by atoms with van der Waals surface area (Å²) in [5.41, 5.74) is -0.700. The molecule has 1 unspecified atom stereocenters. The van der Waals surface area contributed by atoms with E-state index in [0.717, 1.165) is 5.52 Å². The maximum atomic E-state index is 15.3. The van der Waals surface area contributed by atoms with Gasteiger partial charge in [-0.05, 0) is 43.7 Å². The highest BCUT2D eigenvalue weighted by molar-refractivity contribution is 6.45. The van der Waals surface area contributed by atoms with Crippen molar-refractivity contribution >= 4 is 46.0 Å². The fourth-order valence-electron chi connectivity index (χ4n) is 4.21. The number of aromatic nitrogens is 1. The molecule has 1 aliphatic heterocycles. The number of carbonyl (C=O) groups is 2. The largest absolute Gasteiger partial charge is 0.481 e. The van der Waals surface area contributed by atoms with Gasteiger partial charge in [0, 0.05) is 36.5 Å². The van der Waals surface area contributed by atoms with Gasteiger partial charge in [-0.15, -0.1) is 0 Å². The summed E-state index contributed by atoms with van der Waals surface area (Å²) in [5, 5.41) is 13.8. The molecule has 1 aromatic heterocycles. The number of carboxylic acid groups (broad SMARTS) is 1. The van der Waals surface area contributed by atoms with Gasteiger partial charge in [0.2, 0.25) is 0 Å². The van der Waals surface area contributed by atoms with Gasteiger partial charge in [-0.25, -0.2) is 4.39 Å². The average Bonchev–Trinajstić information content (AvgIpc) is 3.36. The molecule has 2 heterocycles. The van der Waals surface area contributed by atoms with Crippen LogP contribution in [0.4, 0.5) is 4.39 Å². The van der Waals surface area contributed by atoms with Crippen molar-refractivity contribution in [2.45, 2.75) is 31.2 Å². The fourth-order valence-corrected chi connectivity index (χ4v) is 4.59. The van der Waals surface area contributed by atoms with Crippen molar-refractivity contribution in [3.05, 3.63) is 69.1 Å². The van der Waals surface area contributed by atoms with Gasteiger partial charge in [-0.3, -0.25) is 9.59 Å². The second kappa shape index (κ2) is 8.31. The number of hydrogen-bond acceptors (Lipinski definition) is 3. The monoisotopic (exact) mass is 492 g/mol. The lowest BCUT2D eigenvalue weighted by Crippen LogP contribution is -2.47. The zero-order chi connectivity index (χ0) is 24.1. The van der Waals surface area contributed by atoms with Crippen molar-refractivity contribution < 1.29 is 23.8 Å². The van der Waals surface area contributed by atoms with Gasteiger partial charge in [0.15, 0.2) is 0 Å². The van der Waals surface area contributed by atoms with E-state index in [1.54, 1.807) is 35.9 Å². The number of aryl methyl sites for hydroxylation is 1. The molecule has 3 aromatic rings. The maximum absolute atomic E-state index is 15.3. The Labute approximate surface area is 200 Å². The van der Waals surface area contributed by atoms with E-state index >= 15 is 4.39 Å². The molecule has 1 saturated heterocycles. The summed E-state index contributed by atoms with van der Waals surface area (Å²) in [6.45, 7) is 3.46. The number of aliphatic carboxylic acids is 1. The van der Waals surface area contributed by atoms with Crippen LogP contribution in [0.5, 0.6) is 0 Å². The van der Waals surface area contributed by atoms with Crippen LogP contribution >= 0.6 is 23.2 Å². The summed E-state index contributed by atoms with van der Waals surface area (Å²) < 4.78 is 22.5. The second-order valence-corrected chi connectivity index (χ2v) is 9.63. The van der Waals surface area contributed by atoms with Crippen LogP contribution in [0.25, 0.3) is 10.9 Å². The Bertz CT molecular complexity index is 1280. The number of carboxylic acids is 1. The van der Waals surface area contributed by atoms with Crippen LogP contribution in [-0.4, -0.2) is 34.8 Å². The topological polar surface area (TPSA) is 80.6 Å². The highest BCUT2D eigenvalue weighted by atomic mass is 35.5. The van der Waals surface area contributed by atoms with Crippen molar-refractivity contribution in [2.24, 2.45) is 7.05 Å². The second-order valence-electron chi connectivity index (χ2n) is 8.85. The molecule has 0 radical (unpaired) electrons. The normalized spacial score (nSPS) is 18.6. The zero-order valence-electron chi connectivity index (χ0n) is 18.3. The van der Waals surface area contributed by atoms with Gasteiger partial charge in [0.1, 0.15) is 11.5 Å². The first-order chi connectivity index (χ1) is 15.5. The van der Waals surface area contributed by atoms with E-state index in [2.05, 4.69) is 5.32 Å². The van der Waals surface area contributed by atoms with Gasteiger partial charge in [0.25, 0.3) is 5.91 Å². The van der Waals surface area contributed by atoms with Crippen LogP contribution in [0.3, 0.4) is 0 Å². The Morgan fingerprint density at radius 1 is 1.21 bits per heavy atom. The Morgan fingerprint density at radius 2 is 1.94 bits per heavy atom. The number of nitrogens with zero attached hydrogens (tertiary/aromatic N) is 1. The molecule has 2 N–H and O–H groups in total. The number of benzene rings is 2. The van der Waals surface area contributed by atoms with E-state index in [9.17, 15) is 14.7 Å². The molecule has 0 bridgehead atoms. The Hall–Kier alpha value is -2.61. The minimum atomic E-state index is -1.26. The van der Waals surface area contributed by atoms with Crippen LogP contribution in [0.15, 0.2) is 36.4 Å². The molecule has 0 spiro atoms. The molecule has 174 valence electrons. The predicted octanol–water partition coefficient (Wildman–Crippen LogP) is 5.03. The van der Waals surface area contributed by atoms with Crippen LogP contribution < -0.4 is 5.32 Å². The smallest absolute Gasteiger partial charge is 0.313 e. The average molecular weight is 493 g/mol. The molecule has 0 aliphatic carbocycles. The van der Waals surface area contributed by atoms with Gasteiger partial charge in [0.05, 0.1) is 27.6 Å². The molecule has 4 rings (SSSR count). The fraction of sp³-hybridized carbons (Fsp3) is 0.333. The third kappa shape index (κ3) is 3.88. The number of amides is 1. The molecule has 9 heteroatoms. The van der Waals surface area contributed by atoms with Crippen LogP contribution in [-0.2, 0) is 27.5 Å². The third-order valence-corrected chi connectivity index (χ3v) is 7.28. The first-order valence-corrected chi connectivity index (χ1v) is 11.1. The molecule has 2 aromatic carbocycles. The molecule has 0 saturated carbocycles. The molecule has 1 amide bonds. The number of hydrogen-bond donors (Lipinski definition) is 2. The SMILES string of the molecule is Cn1c(C(=O)NC2(c3ccc(C(C)(C)C(=O)O)cc3F)CCOC2)cc2c(Cl)c(Cl)ccc21. The standard InChI is InChI=1S/C24H23Cl2FN2O4/c1-23(2,22(31)32)13-4-5-15(17(27)10-13)24(8-9-33-12-24)28-21(30)19-11-14-18(29(19)3)7-6-16(25)20(14)26/h4-7,10-11H,8-9,12H2,1-3H3,(H,28,30)(H,31,32). The molecule has 1 fully saturated rings. The highest BCUT2D eigenvalue weighted by Crippen LogP contribution is 2.36. The van der Waals surface area contributed by atoms with Crippen molar-refractivity contribution in [3.63, 3.8) is 0 Å². The van der Waals surface area contributed by atoms with Crippen LogP contribution in [0.2, 0.25) is 10.0 Å². The minimum absolute atomic E-state index is 0.0911. The summed E-state index contributed by atoms with van der Waals surface area (Å²) in [6.07, 6.45) is 0.369. The Morgan fingerprint density at radius 3 is 2.55 bits per heavy atom. The Balaban J connectivity index is 1.72. The van der Waals surface area contributed by atoms with Crippen LogP contribution in [0, 0.1) is 5.82 Å². The summed E-state index contributed by atoms with van der Waals surface area (Å²) >= 11 is 12.4. The lowest BCUT2D eigenvalue weighted by Gasteiger charge is -2.31. The van der Waals surface area contributed by atoms with Crippen LogP contribution in [0.1, 0.15) is 41.9 Å². The molecule has 33 heavy (non-hydrogen) atoms. The maximum Gasteiger partial charge on any atom is 0.313 e. The summed E-state index contributed by atoms with van der Waals surface area (Å²) in [5.74, 6) is -2.07. The summed E-state index contributed by atoms with van der Waals surface area (Å²) in [6, 6.07) is 9.42. The molecule has 1 aliphatic rings. The van der Waals surface area contributed by atoms with Crippen molar-refractivity contribution in [1.29, 1.82) is 0 Å². The van der Waals surface area contributed by atoms with E-state index in [-0.39, 0.29) is 12.2 Å². The molecular weight excluding hydrogens is 470 g/mol. The van der Waals surface area contributed by atoms with E-state index in [1.165, 1.54) is 26.0 Å². The van der Waals surface area contributed by atoms with Crippen molar-refractivity contribution in [2.75, 3.05) is 13.2 Å². The first kappa shape index (κ1) is 23.5. The highest BCUT2D eigenvalue weighted by Gasteiger charge is 2.41. The summed E-state index contributed by atoms with van der Waals surface area (Å²) in [4.78, 5) is 24.9. The number of rotatable bonds is 5. The van der Waals surface area contributed by atoms with Gasteiger partial charge >= 0.3 is 5.97 Å². The minimum Gasteiger partial charge on any atom is -0.481 e. The number of fused-ring (bicyclic) bond motifs is 1. The summed E-state index contributed by atoms with van der Waals surface area (Å²) in [7, 11) is 1.74. The van der Waals surface area contributed by atoms with Gasteiger partial charge in [-0.1, -0.05) is 35.3 Å². The molecule has 6 nitrogen and oxygen atoms in total. The lowest BCUT2D eigenvalue weighted by atomic mass is 9.81. The van der Waals surface area contributed by atoms with Crippen molar-refractivity contribution in [3.8, 4) is 0 Å². The predicted molar refractivity (Wildman–Crippen MR) is 125 cm³/mol. The van der Waals surface area contributed by atoms with E-state index in [0.29, 0.717) is 39.7 Å². The quantitative estimate of drug-likeness (QED) is 0.523. The first-order valence-electron chi connectivity index (χ1n) is 10.4. The van der Waals surface area contributed by atoms with E-state index in [1.807, 2.05) is 0 Å². The number of halogens is 3. The van der Waals surface area contributed by atoms with Crippen molar-refractivity contribution in [1.82, 2.24) is 9.88 Å². The lowest BCUT2D eigenvalue weighted by molar-refractivity contribution is -0.142. The number of ether oxygens (including phenoxy) is 1. The van der Waals surface area contributed by atoms with Gasteiger partial charge < -0.3 is 19.7 Å². The molecular formula is C24H23Cl2FN2O4. The number of nitrogens with one attached hydrogen (secondary N) is 1. The van der Waals surface area contributed by atoms with Gasteiger partial charge in [-0.2, -0.15) is 0 Å². The van der Waals surface area contributed by atoms with E-state index < -0.39 is 28.6 Å².